The first-order valence-electron chi connectivity index (χ1n) is 9.94. The third-order valence-corrected chi connectivity index (χ3v) is 6.64. The molecule has 29 heavy (non-hydrogen) atoms. The Morgan fingerprint density at radius 3 is 2.34 bits per heavy atom. The monoisotopic (exact) mass is 421 g/mol. The maximum Gasteiger partial charge on any atom is 0.228 e. The van der Waals surface area contributed by atoms with Crippen LogP contribution in [0.1, 0.15) is 57.8 Å². The molecule has 1 aliphatic carbocycles. The van der Waals surface area contributed by atoms with E-state index < -0.39 is 15.7 Å². The van der Waals surface area contributed by atoms with Gasteiger partial charge >= 0.3 is 0 Å². The van der Waals surface area contributed by atoms with Crippen LogP contribution in [0.5, 0.6) is 0 Å². The Morgan fingerprint density at radius 1 is 1.21 bits per heavy atom. The number of aromatic nitrogens is 2. The van der Waals surface area contributed by atoms with Crippen molar-refractivity contribution in [2.24, 2.45) is 5.92 Å². The van der Waals surface area contributed by atoms with Gasteiger partial charge in [-0.3, -0.25) is 4.79 Å². The molecule has 158 valence electrons. The smallest absolute Gasteiger partial charge is 0.228 e. The third-order valence-electron chi connectivity index (χ3n) is 5.07. The van der Waals surface area contributed by atoms with Crippen LogP contribution in [0.4, 0.5) is 4.39 Å². The molecule has 8 heteroatoms. The summed E-state index contributed by atoms with van der Waals surface area (Å²) in [5.74, 6) is -0.460. The molecule has 0 unspecified atom stereocenters. The highest BCUT2D eigenvalue weighted by Gasteiger charge is 2.35. The number of carbonyl (C=O) groups is 1. The number of hydrogen-bond donors (Lipinski definition) is 0. The summed E-state index contributed by atoms with van der Waals surface area (Å²) in [6.07, 6.45) is 3.39. The summed E-state index contributed by atoms with van der Waals surface area (Å²) in [5.41, 5.74) is 1.19. The molecule has 0 N–H and O–H groups in total. The Hall–Kier alpha value is -2.22. The fourth-order valence-corrected chi connectivity index (χ4v) is 5.00. The summed E-state index contributed by atoms with van der Waals surface area (Å²) in [5, 5.41) is -0.0191. The lowest BCUT2D eigenvalue weighted by atomic mass is 10.2. The van der Waals surface area contributed by atoms with Gasteiger partial charge in [0, 0.05) is 18.0 Å². The Morgan fingerprint density at radius 2 is 1.83 bits per heavy atom. The lowest BCUT2D eigenvalue weighted by Crippen LogP contribution is -2.38. The third kappa shape index (κ3) is 4.86. The number of sulfone groups is 1. The number of halogens is 1. The lowest BCUT2D eigenvalue weighted by molar-refractivity contribution is -0.135. The van der Waals surface area contributed by atoms with Crippen molar-refractivity contribution in [2.45, 2.75) is 70.1 Å². The zero-order chi connectivity index (χ0) is 21.3. The molecule has 1 heterocycles. The number of benzene rings is 1. The van der Waals surface area contributed by atoms with E-state index in [1.807, 2.05) is 27.7 Å². The maximum absolute atomic E-state index is 13.1. The Bertz CT molecular complexity index is 977. The average molecular weight is 422 g/mol. The van der Waals surface area contributed by atoms with E-state index in [1.54, 1.807) is 15.7 Å². The minimum atomic E-state index is -3.74. The van der Waals surface area contributed by atoms with Gasteiger partial charge < -0.3 is 9.47 Å². The standard InChI is InChI=1S/C21H28FN3O3S/c1-14(2)24(20(26)17-7-8-17)12-19-11-23-21(25(19)15(3)4)29(27,28)13-16-5-9-18(22)10-6-16/h5-6,9-11,14-15,17H,7-8,12-13H2,1-4H3. The summed E-state index contributed by atoms with van der Waals surface area (Å²) in [6, 6.07) is 5.29. The van der Waals surface area contributed by atoms with Gasteiger partial charge in [-0.15, -0.1) is 0 Å². The Balaban J connectivity index is 1.91. The van der Waals surface area contributed by atoms with Crippen LogP contribution in [0.3, 0.4) is 0 Å². The van der Waals surface area contributed by atoms with Crippen LogP contribution in [0.15, 0.2) is 35.6 Å². The Kier molecular flexibility index (Phi) is 6.12. The normalized spacial score (nSPS) is 14.6. The van der Waals surface area contributed by atoms with Crippen LogP contribution in [0.25, 0.3) is 0 Å². The van der Waals surface area contributed by atoms with Gasteiger partial charge in [-0.25, -0.2) is 17.8 Å². The first-order chi connectivity index (χ1) is 13.6. The number of imidazole rings is 1. The van der Waals surface area contributed by atoms with Crippen LogP contribution in [-0.4, -0.2) is 34.8 Å². The molecule has 0 aliphatic heterocycles. The van der Waals surface area contributed by atoms with Crippen molar-refractivity contribution in [2.75, 3.05) is 0 Å². The molecule has 1 aromatic carbocycles. The SMILES string of the molecule is CC(C)N(Cc1cnc(S(=O)(=O)Cc2ccc(F)cc2)n1C(C)C)C(=O)C1CC1. The van der Waals surface area contributed by atoms with Crippen LogP contribution < -0.4 is 0 Å². The first kappa shape index (κ1) is 21.5. The summed E-state index contributed by atoms with van der Waals surface area (Å²) in [4.78, 5) is 18.7. The van der Waals surface area contributed by atoms with E-state index in [0.29, 0.717) is 17.8 Å². The van der Waals surface area contributed by atoms with Gasteiger partial charge in [0.1, 0.15) is 5.82 Å². The summed E-state index contributed by atoms with van der Waals surface area (Å²) < 4.78 is 40.9. The summed E-state index contributed by atoms with van der Waals surface area (Å²) in [7, 11) is -3.74. The summed E-state index contributed by atoms with van der Waals surface area (Å²) >= 11 is 0. The van der Waals surface area contributed by atoms with E-state index in [-0.39, 0.29) is 34.8 Å². The zero-order valence-corrected chi connectivity index (χ0v) is 18.1. The number of carbonyl (C=O) groups excluding carboxylic acids is 1. The molecule has 1 aromatic heterocycles. The number of rotatable bonds is 8. The van der Waals surface area contributed by atoms with E-state index in [9.17, 15) is 17.6 Å². The number of nitrogens with zero attached hydrogens (tertiary/aromatic N) is 3. The van der Waals surface area contributed by atoms with Crippen LogP contribution in [0, 0.1) is 11.7 Å². The highest BCUT2D eigenvalue weighted by atomic mass is 32.2. The fraction of sp³-hybridized carbons (Fsp3) is 0.524. The van der Waals surface area contributed by atoms with Gasteiger partial charge in [0.15, 0.2) is 0 Å². The molecule has 0 atom stereocenters. The maximum atomic E-state index is 13.1. The molecule has 1 amide bonds. The van der Waals surface area contributed by atoms with Crippen LogP contribution >= 0.6 is 0 Å². The van der Waals surface area contributed by atoms with E-state index in [1.165, 1.54) is 24.3 Å². The van der Waals surface area contributed by atoms with Crippen molar-refractivity contribution < 1.29 is 17.6 Å². The Labute approximate surface area is 171 Å². The van der Waals surface area contributed by atoms with Gasteiger partial charge in [-0.2, -0.15) is 0 Å². The molecule has 1 fully saturated rings. The van der Waals surface area contributed by atoms with Crippen molar-refractivity contribution in [3.05, 3.63) is 47.5 Å². The van der Waals surface area contributed by atoms with E-state index in [2.05, 4.69) is 4.98 Å². The summed E-state index contributed by atoms with van der Waals surface area (Å²) in [6.45, 7) is 8.03. The molecule has 0 radical (unpaired) electrons. The molecule has 0 spiro atoms. The lowest BCUT2D eigenvalue weighted by Gasteiger charge is -2.28. The second-order valence-corrected chi connectivity index (χ2v) is 10.1. The molecular weight excluding hydrogens is 393 g/mol. The van der Waals surface area contributed by atoms with Gasteiger partial charge in [0.2, 0.25) is 20.9 Å². The highest BCUT2D eigenvalue weighted by molar-refractivity contribution is 7.90. The zero-order valence-electron chi connectivity index (χ0n) is 17.3. The molecule has 1 aliphatic rings. The molecule has 1 saturated carbocycles. The quantitative estimate of drug-likeness (QED) is 0.651. The van der Waals surface area contributed by atoms with Crippen LogP contribution in [0.2, 0.25) is 0 Å². The molecular formula is C21H28FN3O3S. The van der Waals surface area contributed by atoms with E-state index in [4.69, 9.17) is 0 Å². The molecule has 2 aromatic rings. The second kappa shape index (κ2) is 8.26. The predicted molar refractivity (Wildman–Crippen MR) is 108 cm³/mol. The number of amides is 1. The second-order valence-electron chi connectivity index (χ2n) is 8.22. The predicted octanol–water partition coefficient (Wildman–Crippen LogP) is 3.72. The topological polar surface area (TPSA) is 72.3 Å². The molecule has 3 rings (SSSR count). The minimum Gasteiger partial charge on any atom is -0.334 e. The van der Waals surface area contributed by atoms with Crippen molar-refractivity contribution in [3.8, 4) is 0 Å². The van der Waals surface area contributed by atoms with Gasteiger partial charge in [0.05, 0.1) is 24.2 Å². The largest absolute Gasteiger partial charge is 0.334 e. The molecule has 0 bridgehead atoms. The average Bonchev–Trinajstić information content (AvgIpc) is 3.39. The van der Waals surface area contributed by atoms with Crippen molar-refractivity contribution >= 4 is 15.7 Å². The van der Waals surface area contributed by atoms with Crippen molar-refractivity contribution in [1.82, 2.24) is 14.5 Å². The van der Waals surface area contributed by atoms with E-state index in [0.717, 1.165) is 12.8 Å². The van der Waals surface area contributed by atoms with Crippen molar-refractivity contribution in [1.29, 1.82) is 0 Å². The molecule has 0 saturated heterocycles. The van der Waals surface area contributed by atoms with E-state index >= 15 is 0 Å². The van der Waals surface area contributed by atoms with Gasteiger partial charge in [0.25, 0.3) is 0 Å². The fourth-order valence-electron chi connectivity index (χ4n) is 3.40. The number of hydrogen-bond acceptors (Lipinski definition) is 4. The highest BCUT2D eigenvalue weighted by Crippen LogP contribution is 2.32. The van der Waals surface area contributed by atoms with Gasteiger partial charge in [-0.05, 0) is 58.2 Å². The first-order valence-corrected chi connectivity index (χ1v) is 11.6. The molecule has 6 nitrogen and oxygen atoms in total. The van der Waals surface area contributed by atoms with Crippen molar-refractivity contribution in [3.63, 3.8) is 0 Å². The minimum absolute atomic E-state index is 0.0119. The van der Waals surface area contributed by atoms with Crippen LogP contribution in [-0.2, 0) is 26.9 Å². The van der Waals surface area contributed by atoms with Gasteiger partial charge in [-0.1, -0.05) is 12.1 Å².